The van der Waals surface area contributed by atoms with Crippen LogP contribution in [-0.4, -0.2) is 0 Å². The van der Waals surface area contributed by atoms with Crippen LogP contribution in [0.1, 0.15) is 32.5 Å². The summed E-state index contributed by atoms with van der Waals surface area (Å²) in [6.45, 7) is 2.24. The van der Waals surface area contributed by atoms with Gasteiger partial charge in [-0.1, -0.05) is 25.8 Å². The maximum absolute atomic E-state index is 2.24. The van der Waals surface area contributed by atoms with Crippen LogP contribution < -0.4 is 29.6 Å². The third kappa shape index (κ3) is 5.02. The van der Waals surface area contributed by atoms with Gasteiger partial charge in [0.1, 0.15) is 0 Å². The smallest absolute Gasteiger partial charge is 1.00 e. The number of aryl methyl sites for hydroxylation is 1. The second-order valence-corrected chi connectivity index (χ2v) is 3.57. The van der Waals surface area contributed by atoms with Crippen LogP contribution in [0.4, 0.5) is 0 Å². The van der Waals surface area contributed by atoms with Gasteiger partial charge in [0, 0.05) is 4.88 Å². The Bertz CT molecular complexity index is 163. The van der Waals surface area contributed by atoms with Gasteiger partial charge in [-0.05, 0) is 24.3 Å². The second kappa shape index (κ2) is 7.35. The van der Waals surface area contributed by atoms with E-state index in [1.807, 2.05) is 11.3 Å². The Labute approximate surface area is 96.8 Å². The van der Waals surface area contributed by atoms with Gasteiger partial charge in [-0.3, -0.25) is 0 Å². The van der Waals surface area contributed by atoms with Crippen molar-refractivity contribution in [3.8, 4) is 0 Å². The van der Waals surface area contributed by atoms with Crippen molar-refractivity contribution in [3.63, 3.8) is 0 Å². The molecule has 0 nitrogen and oxygen atoms in total. The average molecular weight is 178 g/mol. The van der Waals surface area contributed by atoms with Crippen molar-refractivity contribution in [2.75, 3.05) is 0 Å². The molecule has 0 aromatic carbocycles. The molecule has 1 rings (SSSR count). The normalized spacial score (nSPS) is 9.18. The fourth-order valence-corrected chi connectivity index (χ4v) is 1.76. The number of rotatable bonds is 4. The van der Waals surface area contributed by atoms with E-state index in [1.54, 1.807) is 0 Å². The van der Waals surface area contributed by atoms with Crippen LogP contribution in [0, 0.1) is 0 Å². The summed E-state index contributed by atoms with van der Waals surface area (Å²) in [5.74, 6) is 0. The summed E-state index contributed by atoms with van der Waals surface area (Å²) in [6, 6.07) is 4.35. The number of thiophene rings is 1. The SMILES string of the molecule is CCCCCc1cccs1.[H-].[Na+]. The summed E-state index contributed by atoms with van der Waals surface area (Å²) in [4.78, 5) is 1.54. The van der Waals surface area contributed by atoms with E-state index in [2.05, 4.69) is 24.4 Å². The van der Waals surface area contributed by atoms with Crippen LogP contribution in [0.15, 0.2) is 17.5 Å². The molecule has 11 heavy (non-hydrogen) atoms. The molecule has 0 aliphatic carbocycles. The predicted octanol–water partition coefficient (Wildman–Crippen LogP) is 0.597. The molecule has 1 aromatic rings. The Hall–Kier alpha value is 0.700. The fourth-order valence-electron chi connectivity index (χ4n) is 1.00. The second-order valence-electron chi connectivity index (χ2n) is 2.54. The number of hydrogen-bond donors (Lipinski definition) is 0. The number of unbranched alkanes of at least 4 members (excludes halogenated alkanes) is 2. The van der Waals surface area contributed by atoms with Crippen molar-refractivity contribution in [1.82, 2.24) is 0 Å². The molecule has 0 saturated carbocycles. The largest absolute Gasteiger partial charge is 1.00 e. The minimum atomic E-state index is 0. The number of hydrogen-bond acceptors (Lipinski definition) is 1. The Morgan fingerprint density at radius 3 is 2.82 bits per heavy atom. The topological polar surface area (TPSA) is 0 Å². The molecular weight excluding hydrogens is 163 g/mol. The summed E-state index contributed by atoms with van der Waals surface area (Å²) >= 11 is 1.87. The molecule has 2 heteroatoms. The molecule has 0 aliphatic rings. The zero-order valence-corrected chi connectivity index (χ0v) is 10.3. The van der Waals surface area contributed by atoms with Crippen molar-refractivity contribution < 1.29 is 31.0 Å². The van der Waals surface area contributed by atoms with Gasteiger partial charge in [0.15, 0.2) is 0 Å². The third-order valence-electron chi connectivity index (χ3n) is 1.61. The Kier molecular flexibility index (Phi) is 7.82. The maximum Gasteiger partial charge on any atom is 1.00 e. The Morgan fingerprint density at radius 1 is 1.45 bits per heavy atom. The molecule has 0 spiro atoms. The van der Waals surface area contributed by atoms with Gasteiger partial charge < -0.3 is 1.43 Å². The van der Waals surface area contributed by atoms with Gasteiger partial charge >= 0.3 is 29.6 Å². The van der Waals surface area contributed by atoms with E-state index in [1.165, 1.54) is 30.6 Å². The summed E-state index contributed by atoms with van der Waals surface area (Å²) < 4.78 is 0. The maximum atomic E-state index is 2.24. The summed E-state index contributed by atoms with van der Waals surface area (Å²) in [7, 11) is 0. The zero-order chi connectivity index (χ0) is 7.23. The quantitative estimate of drug-likeness (QED) is 0.468. The molecular formula is C9H15NaS. The van der Waals surface area contributed by atoms with Gasteiger partial charge in [-0.2, -0.15) is 0 Å². The van der Waals surface area contributed by atoms with Crippen molar-refractivity contribution in [1.29, 1.82) is 0 Å². The van der Waals surface area contributed by atoms with Gasteiger partial charge in [0.05, 0.1) is 0 Å². The van der Waals surface area contributed by atoms with E-state index in [4.69, 9.17) is 0 Å². The molecule has 1 heterocycles. The first-order valence-electron chi connectivity index (χ1n) is 3.96. The van der Waals surface area contributed by atoms with Crippen LogP contribution in [0.3, 0.4) is 0 Å². The van der Waals surface area contributed by atoms with E-state index in [-0.39, 0.29) is 31.0 Å². The first kappa shape index (κ1) is 11.7. The molecule has 58 valence electrons. The third-order valence-corrected chi connectivity index (χ3v) is 2.54. The first-order valence-corrected chi connectivity index (χ1v) is 4.84. The Morgan fingerprint density at radius 2 is 2.27 bits per heavy atom. The molecule has 0 unspecified atom stereocenters. The predicted molar refractivity (Wildman–Crippen MR) is 48.7 cm³/mol. The minimum absolute atomic E-state index is 0. The molecule has 0 N–H and O–H groups in total. The minimum Gasteiger partial charge on any atom is -1.00 e. The standard InChI is InChI=1S/C9H14S.Na.H/c1-2-3-4-6-9-7-5-8-10-9;;/h5,7-8H,2-4,6H2,1H3;;/q;+1;-1. The van der Waals surface area contributed by atoms with Gasteiger partial charge in [0.25, 0.3) is 0 Å². The molecule has 0 aliphatic heterocycles. The molecule has 0 fully saturated rings. The van der Waals surface area contributed by atoms with Crippen molar-refractivity contribution in [2.45, 2.75) is 32.6 Å². The van der Waals surface area contributed by atoms with E-state index in [0.717, 1.165) is 0 Å². The molecule has 0 atom stereocenters. The summed E-state index contributed by atoms with van der Waals surface area (Å²) in [5.41, 5.74) is 0. The van der Waals surface area contributed by atoms with Crippen LogP contribution >= 0.6 is 11.3 Å². The van der Waals surface area contributed by atoms with Gasteiger partial charge in [0.2, 0.25) is 0 Å². The first-order chi connectivity index (χ1) is 4.93. The van der Waals surface area contributed by atoms with E-state index < -0.39 is 0 Å². The summed E-state index contributed by atoms with van der Waals surface area (Å²) in [5, 5.41) is 2.15. The van der Waals surface area contributed by atoms with Crippen molar-refractivity contribution >= 4 is 11.3 Å². The van der Waals surface area contributed by atoms with Crippen LogP contribution in [0.2, 0.25) is 0 Å². The van der Waals surface area contributed by atoms with Crippen molar-refractivity contribution in [2.24, 2.45) is 0 Å². The monoisotopic (exact) mass is 178 g/mol. The van der Waals surface area contributed by atoms with E-state index in [9.17, 15) is 0 Å². The van der Waals surface area contributed by atoms with Crippen LogP contribution in [-0.2, 0) is 6.42 Å². The van der Waals surface area contributed by atoms with Gasteiger partial charge in [-0.25, -0.2) is 0 Å². The molecule has 0 bridgehead atoms. The van der Waals surface area contributed by atoms with Crippen molar-refractivity contribution in [3.05, 3.63) is 22.4 Å². The van der Waals surface area contributed by atoms with Crippen LogP contribution in [0.5, 0.6) is 0 Å². The van der Waals surface area contributed by atoms with E-state index >= 15 is 0 Å². The molecule has 0 saturated heterocycles. The molecule has 1 aromatic heterocycles. The molecule has 0 amide bonds. The Balaban J connectivity index is 0. The van der Waals surface area contributed by atoms with Crippen LogP contribution in [0.25, 0.3) is 0 Å². The van der Waals surface area contributed by atoms with Gasteiger partial charge in [-0.15, -0.1) is 11.3 Å². The average Bonchev–Trinajstić information content (AvgIpc) is 2.41. The zero-order valence-electron chi connectivity index (χ0n) is 8.47. The van der Waals surface area contributed by atoms with E-state index in [0.29, 0.717) is 0 Å². The summed E-state index contributed by atoms with van der Waals surface area (Å²) in [6.07, 6.45) is 5.34. The molecule has 0 radical (unpaired) electrons. The fraction of sp³-hybridized carbons (Fsp3) is 0.556.